The van der Waals surface area contributed by atoms with E-state index in [0.717, 1.165) is 24.5 Å². The van der Waals surface area contributed by atoms with Crippen molar-refractivity contribution in [1.82, 2.24) is 4.98 Å². The zero-order chi connectivity index (χ0) is 11.1. The molecule has 0 radical (unpaired) electrons. The number of carbonyl (C=O) groups is 1. The number of thiazole rings is 1. The van der Waals surface area contributed by atoms with Crippen molar-refractivity contribution in [2.24, 2.45) is 0 Å². The lowest BCUT2D eigenvalue weighted by Gasteiger charge is -1.99. The lowest BCUT2D eigenvalue weighted by atomic mass is 10.3. The van der Waals surface area contributed by atoms with Gasteiger partial charge in [0.15, 0.2) is 10.8 Å². The van der Waals surface area contributed by atoms with Crippen molar-refractivity contribution in [3.05, 3.63) is 11.1 Å². The molecule has 0 unspecified atom stereocenters. The van der Waals surface area contributed by atoms with Crippen LogP contribution in [0.25, 0.3) is 0 Å². The smallest absolute Gasteiger partial charge is 0.357 e. The second kappa shape index (κ2) is 6.40. The van der Waals surface area contributed by atoms with Gasteiger partial charge < -0.3 is 10.1 Å². The Morgan fingerprint density at radius 1 is 1.60 bits per heavy atom. The van der Waals surface area contributed by atoms with Crippen LogP contribution in [0.3, 0.4) is 0 Å². The van der Waals surface area contributed by atoms with Gasteiger partial charge in [-0.2, -0.15) is 0 Å². The van der Waals surface area contributed by atoms with Gasteiger partial charge in [-0.3, -0.25) is 0 Å². The molecular weight excluding hydrogens is 212 g/mol. The van der Waals surface area contributed by atoms with E-state index >= 15 is 0 Å². The molecule has 0 amide bonds. The molecule has 0 spiro atoms. The van der Waals surface area contributed by atoms with E-state index in [2.05, 4.69) is 17.2 Å². The molecule has 84 valence electrons. The monoisotopic (exact) mass is 228 g/mol. The molecule has 1 aromatic heterocycles. The van der Waals surface area contributed by atoms with E-state index in [1.165, 1.54) is 11.3 Å². The van der Waals surface area contributed by atoms with Gasteiger partial charge in [-0.25, -0.2) is 9.78 Å². The topological polar surface area (TPSA) is 51.2 Å². The average molecular weight is 228 g/mol. The maximum atomic E-state index is 11.3. The highest BCUT2D eigenvalue weighted by atomic mass is 32.1. The van der Waals surface area contributed by atoms with E-state index in [-0.39, 0.29) is 5.97 Å². The van der Waals surface area contributed by atoms with E-state index in [4.69, 9.17) is 4.74 Å². The molecule has 15 heavy (non-hydrogen) atoms. The van der Waals surface area contributed by atoms with Crippen LogP contribution in [0.1, 0.15) is 37.2 Å². The number of nitrogens with zero attached hydrogens (tertiary/aromatic N) is 1. The first-order valence-corrected chi connectivity index (χ1v) is 6.02. The Hall–Kier alpha value is -1.10. The number of nitrogens with one attached hydrogen (secondary N) is 1. The third-order valence-electron chi connectivity index (χ3n) is 1.80. The lowest BCUT2D eigenvalue weighted by molar-refractivity contribution is 0.0520. The predicted molar refractivity (Wildman–Crippen MR) is 61.5 cm³/mol. The Morgan fingerprint density at radius 3 is 3.07 bits per heavy atom. The highest BCUT2D eigenvalue weighted by Crippen LogP contribution is 2.15. The molecule has 1 N–H and O–H groups in total. The van der Waals surface area contributed by atoms with Crippen molar-refractivity contribution in [2.75, 3.05) is 18.5 Å². The number of rotatable bonds is 6. The van der Waals surface area contributed by atoms with Crippen LogP contribution in [0.2, 0.25) is 0 Å². The first-order valence-electron chi connectivity index (χ1n) is 5.14. The van der Waals surface area contributed by atoms with Crippen LogP contribution in [0.4, 0.5) is 5.13 Å². The maximum absolute atomic E-state index is 11.3. The van der Waals surface area contributed by atoms with Crippen molar-refractivity contribution in [2.45, 2.75) is 26.7 Å². The third-order valence-corrected chi connectivity index (χ3v) is 2.60. The molecule has 0 atom stereocenters. The average Bonchev–Trinajstić information content (AvgIpc) is 2.67. The molecule has 1 rings (SSSR count). The standard InChI is InChI=1S/C10H16N2O2S/c1-3-5-6-11-10-12-8(7-15-10)9(13)14-4-2/h7H,3-6H2,1-2H3,(H,11,12). The summed E-state index contributed by atoms with van der Waals surface area (Å²) in [5, 5.41) is 5.66. The van der Waals surface area contributed by atoms with Crippen LogP contribution in [-0.4, -0.2) is 24.1 Å². The van der Waals surface area contributed by atoms with Crippen molar-refractivity contribution < 1.29 is 9.53 Å². The highest BCUT2D eigenvalue weighted by Gasteiger charge is 2.10. The normalized spacial score (nSPS) is 10.0. The molecular formula is C10H16N2O2S. The van der Waals surface area contributed by atoms with Crippen molar-refractivity contribution in [3.8, 4) is 0 Å². The van der Waals surface area contributed by atoms with Gasteiger partial charge in [-0.1, -0.05) is 13.3 Å². The first kappa shape index (κ1) is 12.0. The van der Waals surface area contributed by atoms with Gasteiger partial charge in [-0.05, 0) is 13.3 Å². The highest BCUT2D eigenvalue weighted by molar-refractivity contribution is 7.13. The Morgan fingerprint density at radius 2 is 2.40 bits per heavy atom. The summed E-state index contributed by atoms with van der Waals surface area (Å²) in [6.07, 6.45) is 2.25. The van der Waals surface area contributed by atoms with Crippen LogP contribution >= 0.6 is 11.3 Å². The summed E-state index contributed by atoms with van der Waals surface area (Å²) in [5.74, 6) is -0.350. The zero-order valence-electron chi connectivity index (χ0n) is 9.08. The second-order valence-corrected chi connectivity index (χ2v) is 3.90. The summed E-state index contributed by atoms with van der Waals surface area (Å²) in [6, 6.07) is 0. The molecule has 0 aromatic carbocycles. The Kier molecular flexibility index (Phi) is 5.10. The fraction of sp³-hybridized carbons (Fsp3) is 0.600. The molecule has 5 heteroatoms. The van der Waals surface area contributed by atoms with Crippen LogP contribution < -0.4 is 5.32 Å². The van der Waals surface area contributed by atoms with Gasteiger partial charge >= 0.3 is 5.97 Å². The third kappa shape index (κ3) is 3.87. The fourth-order valence-electron chi connectivity index (χ4n) is 1.03. The van der Waals surface area contributed by atoms with Gasteiger partial charge in [0.2, 0.25) is 0 Å². The summed E-state index contributed by atoms with van der Waals surface area (Å²) in [4.78, 5) is 15.4. The number of hydrogen-bond acceptors (Lipinski definition) is 5. The number of unbranched alkanes of at least 4 members (excludes halogenated alkanes) is 1. The van der Waals surface area contributed by atoms with Crippen LogP contribution in [-0.2, 0) is 4.74 Å². The Balaban J connectivity index is 2.45. The summed E-state index contributed by atoms with van der Waals surface area (Å²) in [5.41, 5.74) is 0.390. The molecule has 0 aliphatic heterocycles. The zero-order valence-corrected chi connectivity index (χ0v) is 9.89. The number of carbonyl (C=O) groups excluding carboxylic acids is 1. The van der Waals surface area contributed by atoms with Gasteiger partial charge in [0, 0.05) is 11.9 Å². The number of anilines is 1. The Labute approximate surface area is 93.7 Å². The lowest BCUT2D eigenvalue weighted by Crippen LogP contribution is -2.06. The predicted octanol–water partition coefficient (Wildman–Crippen LogP) is 2.53. The van der Waals surface area contributed by atoms with Gasteiger partial charge in [0.05, 0.1) is 6.61 Å². The van der Waals surface area contributed by atoms with E-state index < -0.39 is 0 Å². The van der Waals surface area contributed by atoms with Crippen LogP contribution in [0.5, 0.6) is 0 Å². The summed E-state index contributed by atoms with van der Waals surface area (Å²) < 4.78 is 4.84. The molecule has 0 fully saturated rings. The van der Waals surface area contributed by atoms with E-state index in [0.29, 0.717) is 12.3 Å². The fourth-order valence-corrected chi connectivity index (χ4v) is 1.73. The minimum absolute atomic E-state index is 0.350. The summed E-state index contributed by atoms with van der Waals surface area (Å²) >= 11 is 1.43. The number of ether oxygens (including phenoxy) is 1. The van der Waals surface area contributed by atoms with Gasteiger partial charge in [0.25, 0.3) is 0 Å². The van der Waals surface area contributed by atoms with Crippen LogP contribution in [0.15, 0.2) is 5.38 Å². The molecule has 1 heterocycles. The molecule has 0 saturated carbocycles. The van der Waals surface area contributed by atoms with Gasteiger partial charge in [0.1, 0.15) is 0 Å². The first-order chi connectivity index (χ1) is 7.27. The molecule has 0 bridgehead atoms. The van der Waals surface area contributed by atoms with E-state index in [1.54, 1.807) is 12.3 Å². The second-order valence-electron chi connectivity index (χ2n) is 3.04. The minimum atomic E-state index is -0.350. The summed E-state index contributed by atoms with van der Waals surface area (Å²) in [7, 11) is 0. The van der Waals surface area contributed by atoms with E-state index in [1.807, 2.05) is 0 Å². The van der Waals surface area contributed by atoms with E-state index in [9.17, 15) is 4.79 Å². The Bertz CT molecular complexity index is 312. The quantitative estimate of drug-likeness (QED) is 0.600. The molecule has 4 nitrogen and oxygen atoms in total. The van der Waals surface area contributed by atoms with Crippen LogP contribution in [0, 0.1) is 0 Å². The molecule has 0 aliphatic rings. The molecule has 0 aliphatic carbocycles. The van der Waals surface area contributed by atoms with Crippen molar-refractivity contribution >= 4 is 22.4 Å². The van der Waals surface area contributed by atoms with Crippen molar-refractivity contribution in [3.63, 3.8) is 0 Å². The minimum Gasteiger partial charge on any atom is -0.461 e. The number of aromatic nitrogens is 1. The molecule has 0 saturated heterocycles. The number of hydrogen-bond donors (Lipinski definition) is 1. The molecule has 1 aromatic rings. The maximum Gasteiger partial charge on any atom is 0.357 e. The largest absolute Gasteiger partial charge is 0.461 e. The summed E-state index contributed by atoms with van der Waals surface area (Å²) in [6.45, 7) is 5.19. The van der Waals surface area contributed by atoms with Crippen molar-refractivity contribution in [1.29, 1.82) is 0 Å². The number of esters is 1. The SMILES string of the molecule is CCCCNc1nc(C(=O)OCC)cs1. The van der Waals surface area contributed by atoms with Gasteiger partial charge in [-0.15, -0.1) is 11.3 Å².